The third-order valence-corrected chi connectivity index (χ3v) is 6.77. The molecule has 0 saturated carbocycles. The van der Waals surface area contributed by atoms with E-state index in [0.717, 1.165) is 28.4 Å². The van der Waals surface area contributed by atoms with Crippen LogP contribution in [0.3, 0.4) is 0 Å². The van der Waals surface area contributed by atoms with Crippen LogP contribution in [0.15, 0.2) is 43.1 Å². The Morgan fingerprint density at radius 3 is 2.79 bits per heavy atom. The lowest BCUT2D eigenvalue weighted by Gasteiger charge is -2.45. The first-order chi connectivity index (χ1) is 15.8. The fourth-order valence-electron chi connectivity index (χ4n) is 4.15. The van der Waals surface area contributed by atoms with Gasteiger partial charge in [-0.2, -0.15) is 5.10 Å². The second-order valence-electron chi connectivity index (χ2n) is 9.17. The van der Waals surface area contributed by atoms with Crippen LogP contribution < -0.4 is 10.6 Å². The molecule has 0 atom stereocenters. The molecule has 1 saturated heterocycles. The Kier molecular flexibility index (Phi) is 5.26. The zero-order valence-corrected chi connectivity index (χ0v) is 19.5. The van der Waals surface area contributed by atoms with Crippen molar-refractivity contribution in [1.82, 2.24) is 24.5 Å². The Hall–Kier alpha value is -3.50. The molecule has 170 valence electrons. The third-order valence-electron chi connectivity index (χ3n) is 5.61. The van der Waals surface area contributed by atoms with Crippen LogP contribution >= 0.6 is 11.3 Å². The van der Waals surface area contributed by atoms with Crippen molar-refractivity contribution < 1.29 is 9.59 Å². The van der Waals surface area contributed by atoms with Gasteiger partial charge in [0.05, 0.1) is 46.4 Å². The van der Waals surface area contributed by atoms with Crippen LogP contribution in [-0.2, 0) is 4.79 Å². The van der Waals surface area contributed by atoms with Crippen LogP contribution in [0.5, 0.6) is 0 Å². The number of hydrogen-bond donors (Lipinski definition) is 3. The van der Waals surface area contributed by atoms with E-state index in [4.69, 9.17) is 0 Å². The van der Waals surface area contributed by atoms with E-state index < -0.39 is 0 Å². The summed E-state index contributed by atoms with van der Waals surface area (Å²) in [6.45, 7) is 8.34. The molecule has 0 bridgehead atoms. The standard InChI is InChI=1S/C23H25N7O2S/c1-14-18(6-16(8-25-14)27-20(31)11-29-12-23(2,3)13-29)28-21(32)17-9-26-30-10-19(33-22(17)30)15-4-5-24-7-15/h4-10,24H,11-13H2,1-3H3,(H,27,31)(H,28,32). The number of H-pyrrole nitrogens is 1. The summed E-state index contributed by atoms with van der Waals surface area (Å²) >= 11 is 1.50. The van der Waals surface area contributed by atoms with Crippen LogP contribution in [0.25, 0.3) is 15.3 Å². The van der Waals surface area contributed by atoms with Gasteiger partial charge >= 0.3 is 0 Å². The van der Waals surface area contributed by atoms with Gasteiger partial charge in [0.2, 0.25) is 5.91 Å². The Labute approximate surface area is 194 Å². The van der Waals surface area contributed by atoms with E-state index in [1.807, 2.05) is 31.6 Å². The molecule has 0 radical (unpaired) electrons. The smallest absolute Gasteiger partial charge is 0.260 e. The minimum atomic E-state index is -0.274. The summed E-state index contributed by atoms with van der Waals surface area (Å²) in [6, 6.07) is 3.71. The minimum Gasteiger partial charge on any atom is -0.367 e. The number of likely N-dealkylation sites (tertiary alicyclic amines) is 1. The largest absolute Gasteiger partial charge is 0.367 e. The van der Waals surface area contributed by atoms with Crippen LogP contribution in [0.4, 0.5) is 11.4 Å². The number of nitrogens with zero attached hydrogens (tertiary/aromatic N) is 4. The molecule has 33 heavy (non-hydrogen) atoms. The summed E-state index contributed by atoms with van der Waals surface area (Å²) in [5.41, 5.74) is 3.55. The first-order valence-corrected chi connectivity index (χ1v) is 11.5. The van der Waals surface area contributed by atoms with E-state index in [9.17, 15) is 9.59 Å². The number of pyridine rings is 1. The van der Waals surface area contributed by atoms with Gasteiger partial charge in [-0.3, -0.25) is 19.5 Å². The SMILES string of the molecule is Cc1ncc(NC(=O)CN2CC(C)(C)C2)cc1NC(=O)c1cnn2cc(-c3cc[nH]c3)sc12. The fourth-order valence-corrected chi connectivity index (χ4v) is 5.20. The molecule has 1 aliphatic rings. The van der Waals surface area contributed by atoms with Crippen molar-refractivity contribution in [2.24, 2.45) is 5.41 Å². The first kappa shape index (κ1) is 21.4. The number of aromatic amines is 1. The Bertz CT molecular complexity index is 1330. The van der Waals surface area contributed by atoms with E-state index in [2.05, 4.69) is 44.4 Å². The number of nitrogens with one attached hydrogen (secondary N) is 3. The number of anilines is 2. The lowest BCUT2D eigenvalue weighted by Crippen LogP contribution is -2.54. The predicted octanol–water partition coefficient (Wildman–Crippen LogP) is 3.63. The van der Waals surface area contributed by atoms with Gasteiger partial charge in [0, 0.05) is 37.2 Å². The van der Waals surface area contributed by atoms with Gasteiger partial charge in [0.15, 0.2) is 0 Å². The average molecular weight is 464 g/mol. The number of hydrogen-bond acceptors (Lipinski definition) is 6. The Morgan fingerprint density at radius 1 is 1.24 bits per heavy atom. The highest BCUT2D eigenvalue weighted by Crippen LogP contribution is 2.31. The molecule has 9 nitrogen and oxygen atoms in total. The highest BCUT2D eigenvalue weighted by atomic mass is 32.1. The minimum absolute atomic E-state index is 0.0948. The van der Waals surface area contributed by atoms with E-state index in [1.54, 1.807) is 23.0 Å². The highest BCUT2D eigenvalue weighted by Gasteiger charge is 2.34. The van der Waals surface area contributed by atoms with Crippen LogP contribution in [-0.4, -0.2) is 55.9 Å². The number of amides is 2. The van der Waals surface area contributed by atoms with Crippen LogP contribution in [0.1, 0.15) is 29.9 Å². The van der Waals surface area contributed by atoms with Crippen molar-refractivity contribution in [3.05, 3.63) is 54.4 Å². The van der Waals surface area contributed by atoms with Crippen molar-refractivity contribution in [2.45, 2.75) is 20.8 Å². The second-order valence-corrected chi connectivity index (χ2v) is 10.2. The molecule has 3 N–H and O–H groups in total. The van der Waals surface area contributed by atoms with Crippen molar-refractivity contribution in [2.75, 3.05) is 30.3 Å². The second kappa shape index (κ2) is 8.13. The van der Waals surface area contributed by atoms with E-state index >= 15 is 0 Å². The summed E-state index contributed by atoms with van der Waals surface area (Å²) in [5, 5.41) is 10.1. The number of rotatable bonds is 6. The summed E-state index contributed by atoms with van der Waals surface area (Å²) in [6.07, 6.45) is 8.83. The van der Waals surface area contributed by atoms with Crippen LogP contribution in [0.2, 0.25) is 0 Å². The molecule has 5 heterocycles. The van der Waals surface area contributed by atoms with E-state index in [1.165, 1.54) is 11.3 Å². The van der Waals surface area contributed by atoms with Crippen molar-refractivity contribution in [3.63, 3.8) is 0 Å². The molecule has 0 spiro atoms. The normalized spacial score (nSPS) is 15.4. The number of aromatic nitrogens is 4. The zero-order chi connectivity index (χ0) is 23.2. The van der Waals surface area contributed by atoms with Crippen molar-refractivity contribution in [3.8, 4) is 10.4 Å². The van der Waals surface area contributed by atoms with Crippen LogP contribution in [0, 0.1) is 12.3 Å². The monoisotopic (exact) mass is 463 g/mol. The van der Waals surface area contributed by atoms with Gasteiger partial charge in [-0.05, 0) is 24.5 Å². The highest BCUT2D eigenvalue weighted by molar-refractivity contribution is 7.21. The Balaban J connectivity index is 1.29. The molecular weight excluding hydrogens is 438 g/mol. The number of carbonyl (C=O) groups excluding carboxylic acids is 2. The van der Waals surface area contributed by atoms with Gasteiger partial charge in [-0.1, -0.05) is 13.8 Å². The number of carbonyl (C=O) groups is 2. The van der Waals surface area contributed by atoms with Gasteiger partial charge in [0.1, 0.15) is 4.83 Å². The lowest BCUT2D eigenvalue weighted by atomic mass is 9.84. The molecule has 1 aliphatic heterocycles. The summed E-state index contributed by atoms with van der Waals surface area (Å²) in [7, 11) is 0. The number of aryl methyl sites for hydroxylation is 1. The van der Waals surface area contributed by atoms with E-state index in [0.29, 0.717) is 29.2 Å². The van der Waals surface area contributed by atoms with Gasteiger partial charge in [0.25, 0.3) is 5.91 Å². The fraction of sp³-hybridized carbons (Fsp3) is 0.304. The molecule has 4 aromatic rings. The molecule has 10 heteroatoms. The maximum atomic E-state index is 13.0. The molecule has 2 amide bonds. The quantitative estimate of drug-likeness (QED) is 0.405. The van der Waals surface area contributed by atoms with Crippen molar-refractivity contribution >= 4 is 39.4 Å². The van der Waals surface area contributed by atoms with Crippen molar-refractivity contribution in [1.29, 1.82) is 0 Å². The summed E-state index contributed by atoms with van der Waals surface area (Å²) < 4.78 is 1.71. The third kappa shape index (κ3) is 4.39. The van der Waals surface area contributed by atoms with Gasteiger partial charge in [-0.15, -0.1) is 11.3 Å². The van der Waals surface area contributed by atoms with Gasteiger partial charge < -0.3 is 15.6 Å². The average Bonchev–Trinajstić information content (AvgIpc) is 3.45. The molecule has 1 fully saturated rings. The predicted molar refractivity (Wildman–Crippen MR) is 129 cm³/mol. The number of thiazole rings is 1. The Morgan fingerprint density at radius 2 is 2.06 bits per heavy atom. The lowest BCUT2D eigenvalue weighted by molar-refractivity contribution is -0.120. The maximum Gasteiger partial charge on any atom is 0.260 e. The molecule has 0 unspecified atom stereocenters. The topological polar surface area (TPSA) is 107 Å². The molecule has 5 rings (SSSR count). The molecule has 0 aromatic carbocycles. The van der Waals surface area contributed by atoms with E-state index in [-0.39, 0.29) is 17.2 Å². The molecular formula is C23H25N7O2S. The number of fused-ring (bicyclic) bond motifs is 1. The summed E-state index contributed by atoms with van der Waals surface area (Å²) in [4.78, 5) is 36.7. The molecule has 4 aromatic heterocycles. The first-order valence-electron chi connectivity index (χ1n) is 10.7. The summed E-state index contributed by atoms with van der Waals surface area (Å²) in [5.74, 6) is -0.369. The zero-order valence-electron chi connectivity index (χ0n) is 18.7. The molecule has 0 aliphatic carbocycles. The maximum absolute atomic E-state index is 13.0. The van der Waals surface area contributed by atoms with Gasteiger partial charge in [-0.25, -0.2) is 4.52 Å².